The Labute approximate surface area is 285 Å². The van der Waals surface area contributed by atoms with Crippen molar-refractivity contribution in [2.24, 2.45) is 0 Å². The maximum Gasteiger partial charge on any atom is 0.270 e. The molecule has 0 amide bonds. The minimum atomic E-state index is -1.36. The van der Waals surface area contributed by atoms with E-state index < -0.39 is 40.0 Å². The van der Waals surface area contributed by atoms with Crippen LogP contribution in [0.3, 0.4) is 0 Å². The number of hydrogen-bond donors (Lipinski definition) is 4. The molecule has 0 saturated carbocycles. The fraction of sp³-hybridized carbons (Fsp3) is 0.344. The van der Waals surface area contributed by atoms with Crippen molar-refractivity contribution in [1.29, 1.82) is 5.26 Å². The smallest absolute Gasteiger partial charge is 0.270 e. The van der Waals surface area contributed by atoms with Gasteiger partial charge in [-0.1, -0.05) is 24.4 Å². The molecule has 16 heteroatoms. The standard InChI is InChI=1S/C17H17N3O3S.C15H15N3O5S/c1-16(2)17(3,21)15(22-13-6-7-14(24)20-19-13)11-8-10(9-18)4-5-12(11)23-16;1-15(2)14(19)13(22-11-5-6-12(24)17-16-11)9-7-8(18(20)21)3-4-10(9)23-15/h4-8,15,21H,1-3H3,(H,20,24);3-7,13-14,19H,1-2H3,(H,17,24). The molecule has 2 aliphatic rings. The molecule has 4 atom stereocenters. The van der Waals surface area contributed by atoms with Crippen molar-refractivity contribution in [3.8, 4) is 29.3 Å². The van der Waals surface area contributed by atoms with Crippen LogP contribution in [0.2, 0.25) is 0 Å². The van der Waals surface area contributed by atoms with Gasteiger partial charge in [0.05, 0.1) is 16.6 Å². The molecule has 4 aromatic rings. The highest BCUT2D eigenvalue weighted by molar-refractivity contribution is 7.71. The summed E-state index contributed by atoms with van der Waals surface area (Å²) in [5.74, 6) is 1.49. The molecule has 4 unspecified atom stereocenters. The molecule has 2 aliphatic heterocycles. The van der Waals surface area contributed by atoms with Crippen LogP contribution < -0.4 is 18.9 Å². The van der Waals surface area contributed by atoms with Gasteiger partial charge in [0.25, 0.3) is 5.69 Å². The number of non-ortho nitro benzene ring substituents is 1. The van der Waals surface area contributed by atoms with Crippen LogP contribution in [0.1, 0.15) is 63.5 Å². The average molecular weight is 693 g/mol. The first kappa shape index (κ1) is 34.4. The van der Waals surface area contributed by atoms with Crippen LogP contribution >= 0.6 is 24.4 Å². The lowest BCUT2D eigenvalue weighted by Crippen LogP contribution is -2.59. The molecule has 6 rings (SSSR count). The number of nitrogens with zero attached hydrogens (tertiary/aromatic N) is 4. The summed E-state index contributed by atoms with van der Waals surface area (Å²) in [6, 6.07) is 17.8. The Kier molecular flexibility index (Phi) is 9.26. The summed E-state index contributed by atoms with van der Waals surface area (Å²) in [5.41, 5.74) is -1.86. The first-order valence-corrected chi connectivity index (χ1v) is 15.4. The Morgan fingerprint density at radius 2 is 1.48 bits per heavy atom. The number of aliphatic hydroxyl groups is 2. The van der Waals surface area contributed by atoms with Crippen molar-refractivity contribution in [3.63, 3.8) is 0 Å². The lowest BCUT2D eigenvalue weighted by molar-refractivity contribution is -0.385. The summed E-state index contributed by atoms with van der Waals surface area (Å²) in [6.07, 6.45) is -2.70. The summed E-state index contributed by atoms with van der Waals surface area (Å²) >= 11 is 9.90. The second kappa shape index (κ2) is 12.9. The summed E-state index contributed by atoms with van der Waals surface area (Å²) in [6.45, 7) is 8.65. The quantitative estimate of drug-likeness (QED) is 0.112. The van der Waals surface area contributed by atoms with Gasteiger partial charge in [-0.05, 0) is 71.0 Å². The lowest BCUT2D eigenvalue weighted by atomic mass is 9.77. The largest absolute Gasteiger partial charge is 0.485 e. The van der Waals surface area contributed by atoms with E-state index in [1.54, 1.807) is 77.1 Å². The monoisotopic (exact) mass is 692 g/mol. The van der Waals surface area contributed by atoms with Crippen LogP contribution in [0.5, 0.6) is 23.3 Å². The number of rotatable bonds is 5. The van der Waals surface area contributed by atoms with E-state index >= 15 is 0 Å². The van der Waals surface area contributed by atoms with E-state index in [0.29, 0.717) is 43.4 Å². The van der Waals surface area contributed by atoms with Gasteiger partial charge in [0.2, 0.25) is 11.8 Å². The molecule has 2 aromatic carbocycles. The third-order valence-electron chi connectivity index (χ3n) is 8.19. The second-order valence-corrected chi connectivity index (χ2v) is 13.2. The van der Waals surface area contributed by atoms with Crippen molar-refractivity contribution < 1.29 is 34.1 Å². The van der Waals surface area contributed by atoms with Gasteiger partial charge in [0, 0.05) is 35.4 Å². The fourth-order valence-corrected chi connectivity index (χ4v) is 5.33. The molecule has 2 aromatic heterocycles. The van der Waals surface area contributed by atoms with Crippen molar-refractivity contribution in [3.05, 3.63) is 96.7 Å². The third-order valence-corrected chi connectivity index (χ3v) is 8.65. The van der Waals surface area contributed by atoms with Gasteiger partial charge in [0.1, 0.15) is 43.7 Å². The van der Waals surface area contributed by atoms with E-state index in [4.69, 9.17) is 48.6 Å². The van der Waals surface area contributed by atoms with E-state index in [1.807, 2.05) is 0 Å². The zero-order valence-corrected chi connectivity index (χ0v) is 28.1. The van der Waals surface area contributed by atoms with Gasteiger partial charge >= 0.3 is 0 Å². The summed E-state index contributed by atoms with van der Waals surface area (Å²) < 4.78 is 24.3. The van der Waals surface area contributed by atoms with E-state index in [2.05, 4.69) is 26.5 Å². The molecular formula is C32H32N6O8S2. The number of nitro benzene ring substituents is 1. The molecule has 4 heterocycles. The van der Waals surface area contributed by atoms with Gasteiger partial charge in [0.15, 0.2) is 12.2 Å². The molecule has 0 spiro atoms. The summed E-state index contributed by atoms with van der Waals surface area (Å²) in [5, 5.41) is 55.1. The number of hydrogen-bond acceptors (Lipinski definition) is 13. The Balaban J connectivity index is 0.000000188. The highest BCUT2D eigenvalue weighted by Crippen LogP contribution is 2.48. The van der Waals surface area contributed by atoms with E-state index in [0.717, 1.165) is 0 Å². The third kappa shape index (κ3) is 6.85. The Hall–Kier alpha value is -4.95. The van der Waals surface area contributed by atoms with Crippen LogP contribution in [0, 0.1) is 30.7 Å². The molecule has 0 saturated heterocycles. The van der Waals surface area contributed by atoms with Crippen molar-refractivity contribution in [2.75, 3.05) is 0 Å². The van der Waals surface area contributed by atoms with Crippen LogP contribution in [-0.4, -0.2) is 58.4 Å². The fourth-order valence-electron chi connectivity index (χ4n) is 5.11. The number of nitriles is 1. The van der Waals surface area contributed by atoms with Crippen molar-refractivity contribution in [1.82, 2.24) is 20.4 Å². The zero-order chi connectivity index (χ0) is 35.0. The van der Waals surface area contributed by atoms with Crippen LogP contribution in [-0.2, 0) is 0 Å². The number of nitro groups is 1. The topological polar surface area (TPSA) is 202 Å². The van der Waals surface area contributed by atoms with Crippen LogP contribution in [0.4, 0.5) is 5.69 Å². The SMILES string of the molecule is CC1(C)Oc2ccc(C#N)cc2C(Oc2ccc(=S)[nH]n2)C1(C)O.CC1(C)Oc2ccc([N+](=O)[O-])cc2C(Oc2ccc(=S)[nH]n2)C1O. The molecule has 0 aliphatic carbocycles. The number of aromatic nitrogens is 4. The van der Waals surface area contributed by atoms with Gasteiger partial charge in [-0.2, -0.15) is 5.26 Å². The maximum atomic E-state index is 11.1. The van der Waals surface area contributed by atoms with E-state index in [-0.39, 0.29) is 11.6 Å². The lowest BCUT2D eigenvalue weighted by Gasteiger charge is -2.48. The van der Waals surface area contributed by atoms with Crippen molar-refractivity contribution >= 4 is 30.1 Å². The Bertz CT molecular complexity index is 1980. The van der Waals surface area contributed by atoms with E-state index in [1.165, 1.54) is 18.2 Å². The molecule has 0 fully saturated rings. The maximum absolute atomic E-state index is 11.1. The van der Waals surface area contributed by atoms with Crippen molar-refractivity contribution in [2.45, 2.75) is 69.7 Å². The summed E-state index contributed by atoms with van der Waals surface area (Å²) in [7, 11) is 0. The normalized spacial score (nSPS) is 22.9. The number of aliphatic hydroxyl groups excluding tert-OH is 1. The van der Waals surface area contributed by atoms with Gasteiger partial charge in [-0.3, -0.25) is 20.3 Å². The van der Waals surface area contributed by atoms with E-state index in [9.17, 15) is 20.3 Å². The minimum absolute atomic E-state index is 0.113. The number of H-pyrrole nitrogens is 2. The Morgan fingerprint density at radius 3 is 2.04 bits per heavy atom. The molecule has 0 bridgehead atoms. The molecule has 0 radical (unpaired) electrons. The van der Waals surface area contributed by atoms with Crippen LogP contribution in [0.25, 0.3) is 0 Å². The molecule has 250 valence electrons. The van der Waals surface area contributed by atoms with Gasteiger partial charge in [-0.15, -0.1) is 10.2 Å². The number of fused-ring (bicyclic) bond motifs is 2. The summed E-state index contributed by atoms with van der Waals surface area (Å²) in [4.78, 5) is 10.5. The molecule has 48 heavy (non-hydrogen) atoms. The zero-order valence-electron chi connectivity index (χ0n) is 26.5. The van der Waals surface area contributed by atoms with Gasteiger partial charge < -0.3 is 29.2 Å². The average Bonchev–Trinajstić information content (AvgIpc) is 3.03. The second-order valence-electron chi connectivity index (χ2n) is 12.3. The van der Waals surface area contributed by atoms with Crippen LogP contribution in [0.15, 0.2) is 60.7 Å². The first-order chi connectivity index (χ1) is 22.5. The highest BCUT2D eigenvalue weighted by atomic mass is 32.1. The molecule has 4 N–H and O–H groups in total. The number of nitrogens with one attached hydrogen (secondary N) is 2. The predicted octanol–water partition coefficient (Wildman–Crippen LogP) is 5.75. The van der Waals surface area contributed by atoms with Gasteiger partial charge in [-0.25, -0.2) is 0 Å². The minimum Gasteiger partial charge on any atom is -0.485 e. The number of ether oxygens (including phenoxy) is 4. The Morgan fingerprint density at radius 1 is 0.896 bits per heavy atom. The first-order valence-electron chi connectivity index (χ1n) is 14.6. The number of benzene rings is 2. The molecule has 14 nitrogen and oxygen atoms in total. The predicted molar refractivity (Wildman–Crippen MR) is 176 cm³/mol. The number of aromatic amines is 2. The molecular weight excluding hydrogens is 661 g/mol. The highest BCUT2D eigenvalue weighted by Gasteiger charge is 2.54.